The van der Waals surface area contributed by atoms with Crippen molar-refractivity contribution in [3.63, 3.8) is 0 Å². The smallest absolute Gasteiger partial charge is 0.353 e. The van der Waals surface area contributed by atoms with E-state index in [1.54, 1.807) is 0 Å². The van der Waals surface area contributed by atoms with Crippen molar-refractivity contribution < 1.29 is 38.9 Å². The number of rotatable bonds is 7. The van der Waals surface area contributed by atoms with Gasteiger partial charge in [-0.2, -0.15) is 0 Å². The summed E-state index contributed by atoms with van der Waals surface area (Å²) in [6.45, 7) is 0. The van der Waals surface area contributed by atoms with Gasteiger partial charge in [-0.1, -0.05) is 17.7 Å². The van der Waals surface area contributed by atoms with E-state index in [1.807, 2.05) is 0 Å². The van der Waals surface area contributed by atoms with E-state index in [-0.39, 0.29) is 27.8 Å². The van der Waals surface area contributed by atoms with Crippen molar-refractivity contribution in [2.75, 3.05) is 20.0 Å². The number of nitrogens with zero attached hydrogens (tertiary/aromatic N) is 1. The van der Waals surface area contributed by atoms with Crippen LogP contribution in [0.1, 0.15) is 11.5 Å². The number of amides is 2. The monoisotopic (exact) mass is 456 g/mol. The molecule has 0 aliphatic carbocycles. The fourth-order valence-corrected chi connectivity index (χ4v) is 4.81. The maximum atomic E-state index is 12.7. The number of carbonyl (C=O) groups is 4. The van der Waals surface area contributed by atoms with Gasteiger partial charge in [0.25, 0.3) is 5.91 Å². The number of carboxylic acid groups (broad SMARTS) is 2. The van der Waals surface area contributed by atoms with Crippen molar-refractivity contribution in [2.24, 2.45) is 0 Å². The molecule has 3 atom stereocenters. The number of carbonyl (C=O) groups excluding carboxylic acids is 2. The number of halogens is 1. The molecule has 2 heterocycles. The van der Waals surface area contributed by atoms with Crippen molar-refractivity contribution in [3.05, 3.63) is 34.5 Å². The molecular weight excluding hydrogens is 440 g/mol. The Hall–Kier alpha value is -2.92. The lowest BCUT2D eigenvalue weighted by Gasteiger charge is -2.48. The molecule has 10 nitrogen and oxygen atoms in total. The Morgan fingerprint density at radius 1 is 1.23 bits per heavy atom. The zero-order valence-electron chi connectivity index (χ0n) is 15.7. The molecule has 160 valence electrons. The summed E-state index contributed by atoms with van der Waals surface area (Å²) in [5, 5.41) is 20.7. The van der Waals surface area contributed by atoms with Crippen molar-refractivity contribution in [2.45, 2.75) is 17.3 Å². The number of nitrogens with one attached hydrogen (secondary N) is 1. The molecular formula is C18H17ClN2O8S. The summed E-state index contributed by atoms with van der Waals surface area (Å²) in [6.07, 6.45) is 0. The lowest BCUT2D eigenvalue weighted by Crippen LogP contribution is -2.70. The molecule has 0 radical (unpaired) electrons. The van der Waals surface area contributed by atoms with Gasteiger partial charge < -0.3 is 25.0 Å². The van der Waals surface area contributed by atoms with Crippen molar-refractivity contribution in [1.29, 1.82) is 0 Å². The molecule has 1 aromatic carbocycles. The van der Waals surface area contributed by atoms with Crippen molar-refractivity contribution in [1.82, 2.24) is 10.2 Å². The number of β-lactam (4-membered cyclic amide) rings is 1. The Bertz CT molecular complexity index is 966. The summed E-state index contributed by atoms with van der Waals surface area (Å²) in [7, 11) is 2.79. The maximum absolute atomic E-state index is 12.7. The van der Waals surface area contributed by atoms with Crippen LogP contribution >= 0.6 is 23.4 Å². The third-order valence-corrected chi connectivity index (χ3v) is 6.42. The summed E-state index contributed by atoms with van der Waals surface area (Å²) in [5.41, 5.74) is -0.197. The molecule has 3 rings (SSSR count). The molecule has 2 unspecified atom stereocenters. The molecule has 1 aromatic rings. The highest BCUT2D eigenvalue weighted by Gasteiger charge is 2.54. The van der Waals surface area contributed by atoms with E-state index in [2.05, 4.69) is 5.32 Å². The van der Waals surface area contributed by atoms with Gasteiger partial charge in [0.05, 0.1) is 19.3 Å². The summed E-state index contributed by atoms with van der Waals surface area (Å²) >= 11 is 7.09. The summed E-state index contributed by atoms with van der Waals surface area (Å²) in [4.78, 5) is 49.4. The molecule has 0 saturated carbocycles. The fourth-order valence-electron chi connectivity index (χ4n) is 3.26. The van der Waals surface area contributed by atoms with Gasteiger partial charge in [0.15, 0.2) is 17.4 Å². The van der Waals surface area contributed by atoms with Gasteiger partial charge in [0.2, 0.25) is 5.91 Å². The highest BCUT2D eigenvalue weighted by atomic mass is 35.5. The fraction of sp³-hybridized carbons (Fsp3) is 0.333. The number of aliphatic carboxylic acids is 2. The molecule has 0 aromatic heterocycles. The molecule has 3 N–H and O–H groups in total. The number of hydrogen-bond acceptors (Lipinski definition) is 7. The van der Waals surface area contributed by atoms with Gasteiger partial charge in [0.1, 0.15) is 17.1 Å². The van der Waals surface area contributed by atoms with Crippen molar-refractivity contribution in [3.8, 4) is 11.5 Å². The van der Waals surface area contributed by atoms with Gasteiger partial charge in [-0.3, -0.25) is 19.3 Å². The molecule has 30 heavy (non-hydrogen) atoms. The Labute approximate surface area is 179 Å². The predicted molar refractivity (Wildman–Crippen MR) is 105 cm³/mol. The first-order chi connectivity index (χ1) is 14.2. The molecule has 2 aliphatic heterocycles. The predicted octanol–water partition coefficient (Wildman–Crippen LogP) is 0.807. The summed E-state index contributed by atoms with van der Waals surface area (Å²) in [5.74, 6) is -5.21. The molecule has 0 bridgehead atoms. The van der Waals surface area contributed by atoms with Crippen LogP contribution in [-0.4, -0.2) is 70.3 Å². The van der Waals surface area contributed by atoms with Gasteiger partial charge in [0, 0.05) is 5.75 Å². The number of hydrogen-bond donors (Lipinski definition) is 3. The first-order valence-electron chi connectivity index (χ1n) is 8.53. The Balaban J connectivity index is 1.82. The average molecular weight is 457 g/mol. The number of benzene rings is 1. The minimum atomic E-state index is -1.61. The number of ether oxygens (including phenoxy) is 2. The van der Waals surface area contributed by atoms with E-state index in [9.17, 15) is 29.4 Å². The van der Waals surface area contributed by atoms with Crippen LogP contribution in [0.15, 0.2) is 28.9 Å². The highest BCUT2D eigenvalue weighted by molar-refractivity contribution is 8.00. The first-order valence-corrected chi connectivity index (χ1v) is 9.95. The number of fused-ring (bicyclic) bond motifs is 1. The topological polar surface area (TPSA) is 142 Å². The van der Waals surface area contributed by atoms with E-state index in [0.29, 0.717) is 5.75 Å². The number of thioether (sulfide) groups is 1. The molecule has 1 fully saturated rings. The summed E-state index contributed by atoms with van der Waals surface area (Å²) in [6, 6.07) is 3.18. The average Bonchev–Trinajstić information content (AvgIpc) is 2.71. The molecule has 1 saturated heterocycles. The van der Waals surface area contributed by atoms with Gasteiger partial charge in [-0.25, -0.2) is 4.79 Å². The lowest BCUT2D eigenvalue weighted by atomic mass is 9.96. The van der Waals surface area contributed by atoms with E-state index in [0.717, 1.165) is 4.90 Å². The second kappa shape index (κ2) is 8.44. The number of carboxylic acids is 2. The van der Waals surface area contributed by atoms with Gasteiger partial charge in [-0.05, 0) is 17.7 Å². The standard InChI is InChI=1S/C18H17ClN2O8S/c1-28-9-4-3-7(5-10(9)29-2)11(17(24)25)14(22)20-12-15(23)21-13(18(26)27)8(19)6-30-16(12)21/h3-5,11-12,16H,6H2,1-2H3,(H,20,22)(H,24,25)(H,26,27)/t11?,12?,16-/m1/s1. The zero-order valence-corrected chi connectivity index (χ0v) is 17.3. The third-order valence-electron chi connectivity index (χ3n) is 4.67. The maximum Gasteiger partial charge on any atom is 0.353 e. The molecule has 0 spiro atoms. The quantitative estimate of drug-likeness (QED) is 0.401. The largest absolute Gasteiger partial charge is 0.493 e. The second-order valence-corrected chi connectivity index (χ2v) is 7.90. The van der Waals surface area contributed by atoms with Crippen LogP contribution in [0.5, 0.6) is 11.5 Å². The van der Waals surface area contributed by atoms with Crippen LogP contribution in [0.4, 0.5) is 0 Å². The van der Waals surface area contributed by atoms with Crippen LogP contribution < -0.4 is 14.8 Å². The summed E-state index contributed by atoms with van der Waals surface area (Å²) < 4.78 is 10.3. The second-order valence-electron chi connectivity index (χ2n) is 6.34. The van der Waals surface area contributed by atoms with E-state index < -0.39 is 41.1 Å². The molecule has 2 aliphatic rings. The number of methoxy groups -OCH3 is 2. The Morgan fingerprint density at radius 2 is 1.90 bits per heavy atom. The highest BCUT2D eigenvalue weighted by Crippen LogP contribution is 2.41. The third kappa shape index (κ3) is 3.65. The van der Waals surface area contributed by atoms with E-state index >= 15 is 0 Å². The van der Waals surface area contributed by atoms with E-state index in [1.165, 1.54) is 44.2 Å². The van der Waals surface area contributed by atoms with Crippen LogP contribution in [-0.2, 0) is 19.2 Å². The Kier molecular flexibility index (Phi) is 6.13. The Morgan fingerprint density at radius 3 is 2.47 bits per heavy atom. The van der Waals surface area contributed by atoms with Crippen LogP contribution in [0.2, 0.25) is 0 Å². The lowest BCUT2D eigenvalue weighted by molar-refractivity contribution is -0.152. The SMILES string of the molecule is COc1ccc(C(C(=O)O)C(=O)NC2C(=O)N3C(C(=O)O)=C(Cl)CS[C@H]23)cc1OC. The minimum absolute atomic E-state index is 0.0237. The first kappa shape index (κ1) is 21.8. The molecule has 12 heteroatoms. The van der Waals surface area contributed by atoms with Gasteiger partial charge >= 0.3 is 11.9 Å². The van der Waals surface area contributed by atoms with Gasteiger partial charge in [-0.15, -0.1) is 11.8 Å². The van der Waals surface area contributed by atoms with Crippen molar-refractivity contribution >= 4 is 47.1 Å². The zero-order chi connectivity index (χ0) is 22.2. The molecule has 2 amide bonds. The van der Waals surface area contributed by atoms with E-state index in [4.69, 9.17) is 21.1 Å². The normalized spacial score (nSPS) is 21.3. The minimum Gasteiger partial charge on any atom is -0.493 e. The van der Waals surface area contributed by atoms with Crippen LogP contribution in [0.25, 0.3) is 0 Å². The van der Waals surface area contributed by atoms with Crippen LogP contribution in [0.3, 0.4) is 0 Å². The van der Waals surface area contributed by atoms with Crippen LogP contribution in [0, 0.1) is 0 Å².